The predicted molar refractivity (Wildman–Crippen MR) is 116 cm³/mol. The van der Waals surface area contributed by atoms with Gasteiger partial charge in [-0.25, -0.2) is 0 Å². The maximum absolute atomic E-state index is 13.9. The van der Waals surface area contributed by atoms with Crippen LogP contribution < -0.4 is 19.6 Å². The molecule has 3 rings (SSSR count). The minimum atomic E-state index is -4.96. The minimum absolute atomic E-state index is 0.0214. The van der Waals surface area contributed by atoms with Crippen molar-refractivity contribution in [3.63, 3.8) is 0 Å². The molecule has 33 heavy (non-hydrogen) atoms. The van der Waals surface area contributed by atoms with Crippen LogP contribution in [0.1, 0.15) is 33.0 Å². The van der Waals surface area contributed by atoms with Crippen molar-refractivity contribution >= 4 is 16.9 Å². The van der Waals surface area contributed by atoms with Crippen LogP contribution >= 0.6 is 0 Å². The van der Waals surface area contributed by atoms with Gasteiger partial charge in [0.2, 0.25) is 11.2 Å². The first-order valence-electron chi connectivity index (χ1n) is 9.95. The largest absolute Gasteiger partial charge is 0.493 e. The van der Waals surface area contributed by atoms with Gasteiger partial charge in [-0.1, -0.05) is 26.8 Å². The first-order valence-corrected chi connectivity index (χ1v) is 9.95. The van der Waals surface area contributed by atoms with Gasteiger partial charge in [0.05, 0.1) is 31.6 Å². The van der Waals surface area contributed by atoms with Crippen LogP contribution in [0, 0.1) is 5.41 Å². The van der Waals surface area contributed by atoms with E-state index in [0.717, 1.165) is 6.07 Å². The Balaban J connectivity index is 2.17. The summed E-state index contributed by atoms with van der Waals surface area (Å²) in [4.78, 5) is 25.2. The number of hydrogen-bond donors (Lipinski definition) is 0. The Labute approximate surface area is 187 Å². The highest BCUT2D eigenvalue weighted by molar-refractivity contribution is 5.85. The van der Waals surface area contributed by atoms with Gasteiger partial charge in [0, 0.05) is 6.07 Å². The molecule has 0 aliphatic carbocycles. The van der Waals surface area contributed by atoms with Crippen molar-refractivity contribution in [2.45, 2.75) is 33.4 Å². The summed E-state index contributed by atoms with van der Waals surface area (Å²) in [6, 6.07) is 7.70. The molecule has 6 nitrogen and oxygen atoms in total. The molecule has 9 heteroatoms. The van der Waals surface area contributed by atoms with E-state index < -0.39 is 28.9 Å². The Kier molecular flexibility index (Phi) is 6.44. The van der Waals surface area contributed by atoms with E-state index in [2.05, 4.69) is 0 Å². The number of carbonyl (C=O) groups is 1. The summed E-state index contributed by atoms with van der Waals surface area (Å²) in [7, 11) is 2.71. The second-order valence-corrected chi connectivity index (χ2v) is 8.57. The molecule has 2 aromatic carbocycles. The summed E-state index contributed by atoms with van der Waals surface area (Å²) >= 11 is 0. The molecular formula is C24H23F3O6. The zero-order valence-electron chi connectivity index (χ0n) is 18.8. The number of fused-ring (bicyclic) bond motifs is 1. The minimum Gasteiger partial charge on any atom is -0.493 e. The van der Waals surface area contributed by atoms with Crippen LogP contribution in [0.25, 0.3) is 22.1 Å². The van der Waals surface area contributed by atoms with Gasteiger partial charge in [0.25, 0.3) is 0 Å². The molecule has 1 aromatic heterocycles. The van der Waals surface area contributed by atoms with E-state index in [1.807, 2.05) is 20.8 Å². The molecule has 3 aromatic rings. The zero-order chi connectivity index (χ0) is 24.6. The summed E-state index contributed by atoms with van der Waals surface area (Å²) in [6.07, 6.45) is -4.87. The summed E-state index contributed by atoms with van der Waals surface area (Å²) in [5.74, 6) is -1.59. The fraction of sp³-hybridized carbons (Fsp3) is 0.333. The van der Waals surface area contributed by atoms with E-state index in [-0.39, 0.29) is 39.9 Å². The van der Waals surface area contributed by atoms with Crippen molar-refractivity contribution in [1.82, 2.24) is 0 Å². The van der Waals surface area contributed by atoms with Crippen molar-refractivity contribution < 1.29 is 36.6 Å². The van der Waals surface area contributed by atoms with Gasteiger partial charge in [-0.3, -0.25) is 9.59 Å². The third-order valence-electron chi connectivity index (χ3n) is 4.70. The van der Waals surface area contributed by atoms with E-state index >= 15 is 0 Å². The highest BCUT2D eigenvalue weighted by Crippen LogP contribution is 2.40. The standard InChI is InChI=1S/C24H23F3O6/c1-23(2,3)12-19(28)32-14-7-8-15-17(11-14)33-22(24(25,26)27)20(21(15)29)13-6-9-16(30-4)18(10-13)31-5/h6-11H,12H2,1-5H3. The van der Waals surface area contributed by atoms with Crippen LogP contribution in [0.5, 0.6) is 17.2 Å². The van der Waals surface area contributed by atoms with Crippen LogP contribution in [0.15, 0.2) is 45.6 Å². The number of esters is 1. The number of alkyl halides is 3. The molecule has 0 aliphatic rings. The van der Waals surface area contributed by atoms with Gasteiger partial charge in [-0.05, 0) is 35.2 Å². The SMILES string of the molecule is COc1ccc(-c2c(C(F)(F)F)oc3cc(OC(=O)CC(C)(C)C)ccc3c2=O)cc1OC. The van der Waals surface area contributed by atoms with Crippen LogP contribution in [-0.4, -0.2) is 20.2 Å². The lowest BCUT2D eigenvalue weighted by molar-refractivity contribution is -0.152. The van der Waals surface area contributed by atoms with E-state index in [0.29, 0.717) is 5.75 Å². The average molecular weight is 464 g/mol. The van der Waals surface area contributed by atoms with Gasteiger partial charge in [-0.15, -0.1) is 0 Å². The Morgan fingerprint density at radius 2 is 1.64 bits per heavy atom. The van der Waals surface area contributed by atoms with Gasteiger partial charge in [0.1, 0.15) is 11.3 Å². The van der Waals surface area contributed by atoms with E-state index in [9.17, 15) is 22.8 Å². The van der Waals surface area contributed by atoms with Gasteiger partial charge >= 0.3 is 12.1 Å². The van der Waals surface area contributed by atoms with Gasteiger partial charge in [-0.2, -0.15) is 13.2 Å². The maximum Gasteiger partial charge on any atom is 0.450 e. The molecule has 0 aliphatic heterocycles. The van der Waals surface area contributed by atoms with E-state index in [1.165, 1.54) is 44.6 Å². The van der Waals surface area contributed by atoms with Crippen LogP contribution in [-0.2, 0) is 11.0 Å². The maximum atomic E-state index is 13.9. The van der Waals surface area contributed by atoms with Gasteiger partial charge in [0.15, 0.2) is 11.5 Å². The summed E-state index contributed by atoms with van der Waals surface area (Å²) in [5, 5.41) is -0.0941. The number of rotatable bonds is 5. The number of ether oxygens (including phenoxy) is 3. The highest BCUT2D eigenvalue weighted by atomic mass is 19.4. The number of methoxy groups -OCH3 is 2. The molecule has 0 bridgehead atoms. The number of halogens is 3. The van der Waals surface area contributed by atoms with Crippen LogP contribution in [0.3, 0.4) is 0 Å². The van der Waals surface area contributed by atoms with E-state index in [1.54, 1.807) is 0 Å². The second-order valence-electron chi connectivity index (χ2n) is 8.57. The Bertz CT molecular complexity index is 1250. The first kappa shape index (κ1) is 24.2. The molecule has 0 saturated heterocycles. The summed E-state index contributed by atoms with van der Waals surface area (Å²) in [5.41, 5.74) is -2.27. The fourth-order valence-corrected chi connectivity index (χ4v) is 3.29. The third kappa shape index (κ3) is 5.30. The average Bonchev–Trinajstić information content (AvgIpc) is 2.70. The molecule has 0 amide bonds. The van der Waals surface area contributed by atoms with Crippen LogP contribution in [0.2, 0.25) is 0 Å². The molecule has 0 spiro atoms. The van der Waals surface area contributed by atoms with E-state index in [4.69, 9.17) is 18.6 Å². The fourth-order valence-electron chi connectivity index (χ4n) is 3.29. The first-order chi connectivity index (χ1) is 15.3. The van der Waals surface area contributed by atoms with Gasteiger partial charge < -0.3 is 18.6 Å². The van der Waals surface area contributed by atoms with Crippen molar-refractivity contribution in [2.24, 2.45) is 5.41 Å². The van der Waals surface area contributed by atoms with Crippen molar-refractivity contribution in [3.05, 3.63) is 52.4 Å². The molecule has 0 fully saturated rings. The van der Waals surface area contributed by atoms with Crippen molar-refractivity contribution in [2.75, 3.05) is 14.2 Å². The molecule has 0 N–H and O–H groups in total. The molecule has 176 valence electrons. The summed E-state index contributed by atoms with van der Waals surface area (Å²) in [6.45, 7) is 5.54. The van der Waals surface area contributed by atoms with Crippen molar-refractivity contribution in [1.29, 1.82) is 0 Å². The number of benzene rings is 2. The molecule has 0 atom stereocenters. The number of hydrogen-bond acceptors (Lipinski definition) is 6. The Hall–Kier alpha value is -3.49. The Morgan fingerprint density at radius 1 is 0.970 bits per heavy atom. The summed E-state index contributed by atoms with van der Waals surface area (Å²) < 4.78 is 62.3. The topological polar surface area (TPSA) is 75.0 Å². The molecule has 0 radical (unpaired) electrons. The molecule has 0 unspecified atom stereocenters. The third-order valence-corrected chi connectivity index (χ3v) is 4.70. The Morgan fingerprint density at radius 3 is 2.21 bits per heavy atom. The molecular weight excluding hydrogens is 441 g/mol. The van der Waals surface area contributed by atoms with Crippen molar-refractivity contribution in [3.8, 4) is 28.4 Å². The van der Waals surface area contributed by atoms with Crippen LogP contribution in [0.4, 0.5) is 13.2 Å². The lowest BCUT2D eigenvalue weighted by atomic mass is 9.92. The normalized spacial score (nSPS) is 12.0. The lowest BCUT2D eigenvalue weighted by Gasteiger charge is -2.17. The zero-order valence-corrected chi connectivity index (χ0v) is 18.8. The monoisotopic (exact) mass is 464 g/mol. The lowest BCUT2D eigenvalue weighted by Crippen LogP contribution is -2.18. The number of carbonyl (C=O) groups excluding carboxylic acids is 1. The quantitative estimate of drug-likeness (QED) is 0.349. The smallest absolute Gasteiger partial charge is 0.450 e. The predicted octanol–water partition coefficient (Wildman–Crippen LogP) is 5.84. The second kappa shape index (κ2) is 8.80. The molecule has 1 heterocycles. The molecule has 0 saturated carbocycles. The highest BCUT2D eigenvalue weighted by Gasteiger charge is 2.39.